The fourth-order valence-electron chi connectivity index (χ4n) is 2.48. The number of thiol groups is 1. The van der Waals surface area contributed by atoms with Crippen molar-refractivity contribution in [2.75, 3.05) is 12.3 Å². The molecular weight excluding hydrogens is 426 g/mol. The van der Waals surface area contributed by atoms with Gasteiger partial charge in [-0.05, 0) is 32.1 Å². The topological polar surface area (TPSA) is 215 Å². The van der Waals surface area contributed by atoms with Crippen molar-refractivity contribution in [2.24, 2.45) is 28.1 Å². The standard InChI is InChI=1S/C18H35N7O5S/c1-9(2)7-13(25-14(26)11(19)8-31)16(28)24-12(5-4-6-22-18(20)21)15(27)23-10(3)17(29)30/h9-13,31H,4-8,19H2,1-3H3,(H,23,27)(H,24,28)(H,25,26)(H,29,30)(H4,20,21,22). The first-order valence-electron chi connectivity index (χ1n) is 9.94. The fraction of sp³-hybridized carbons (Fsp3) is 0.722. The lowest BCUT2D eigenvalue weighted by Crippen LogP contribution is -2.57. The normalized spacial score (nSPS) is 14.6. The molecule has 10 N–H and O–H groups in total. The number of amides is 3. The number of carbonyl (C=O) groups excluding carboxylic acids is 3. The zero-order chi connectivity index (χ0) is 24.1. The average Bonchev–Trinajstić information content (AvgIpc) is 2.67. The highest BCUT2D eigenvalue weighted by Crippen LogP contribution is 2.08. The second kappa shape index (κ2) is 14.5. The second-order valence-electron chi connectivity index (χ2n) is 7.56. The molecule has 0 aromatic rings. The fourth-order valence-corrected chi connectivity index (χ4v) is 2.65. The monoisotopic (exact) mass is 461 g/mol. The van der Waals surface area contributed by atoms with E-state index in [-0.39, 0.29) is 30.6 Å². The summed E-state index contributed by atoms with van der Waals surface area (Å²) in [5.74, 6) is -2.96. The number of carboxylic acid groups (broad SMARTS) is 1. The molecular formula is C18H35N7O5S. The lowest BCUT2D eigenvalue weighted by Gasteiger charge is -2.25. The van der Waals surface area contributed by atoms with Crippen LogP contribution in [0.5, 0.6) is 0 Å². The average molecular weight is 462 g/mol. The first-order valence-corrected chi connectivity index (χ1v) is 10.6. The van der Waals surface area contributed by atoms with Gasteiger partial charge in [0.1, 0.15) is 18.1 Å². The molecule has 0 heterocycles. The van der Waals surface area contributed by atoms with Crippen LogP contribution in [0.15, 0.2) is 4.99 Å². The molecule has 0 radical (unpaired) electrons. The van der Waals surface area contributed by atoms with Crippen molar-refractivity contribution in [1.29, 1.82) is 0 Å². The Morgan fingerprint density at radius 2 is 1.52 bits per heavy atom. The van der Waals surface area contributed by atoms with Gasteiger partial charge >= 0.3 is 5.97 Å². The van der Waals surface area contributed by atoms with E-state index < -0.39 is 47.9 Å². The maximum atomic E-state index is 12.9. The van der Waals surface area contributed by atoms with E-state index in [2.05, 4.69) is 33.6 Å². The number of hydrogen-bond acceptors (Lipinski definition) is 7. The van der Waals surface area contributed by atoms with Gasteiger partial charge in [0.05, 0.1) is 6.04 Å². The van der Waals surface area contributed by atoms with Gasteiger partial charge in [-0.15, -0.1) is 0 Å². The van der Waals surface area contributed by atoms with Crippen molar-refractivity contribution in [2.45, 2.75) is 64.2 Å². The number of nitrogens with two attached hydrogens (primary N) is 3. The summed E-state index contributed by atoms with van der Waals surface area (Å²) in [6, 6.07) is -4.01. The third kappa shape index (κ3) is 12.0. The van der Waals surface area contributed by atoms with Gasteiger partial charge in [0, 0.05) is 12.3 Å². The predicted molar refractivity (Wildman–Crippen MR) is 120 cm³/mol. The highest BCUT2D eigenvalue weighted by atomic mass is 32.1. The molecule has 3 amide bonds. The first-order chi connectivity index (χ1) is 14.4. The minimum Gasteiger partial charge on any atom is -0.480 e. The molecule has 0 bridgehead atoms. The highest BCUT2D eigenvalue weighted by Gasteiger charge is 2.29. The van der Waals surface area contributed by atoms with E-state index >= 15 is 0 Å². The molecule has 4 atom stereocenters. The van der Waals surface area contributed by atoms with Crippen molar-refractivity contribution in [3.8, 4) is 0 Å². The van der Waals surface area contributed by atoms with E-state index in [0.29, 0.717) is 12.8 Å². The van der Waals surface area contributed by atoms with Gasteiger partial charge in [0.15, 0.2) is 5.96 Å². The van der Waals surface area contributed by atoms with Crippen LogP contribution in [0.25, 0.3) is 0 Å². The van der Waals surface area contributed by atoms with Crippen LogP contribution < -0.4 is 33.2 Å². The number of hydrogen-bond donors (Lipinski definition) is 8. The summed E-state index contributed by atoms with van der Waals surface area (Å²) in [6.45, 7) is 5.27. The quantitative estimate of drug-likeness (QED) is 0.0619. The highest BCUT2D eigenvalue weighted by molar-refractivity contribution is 7.80. The van der Waals surface area contributed by atoms with Gasteiger partial charge < -0.3 is 38.3 Å². The molecule has 0 spiro atoms. The molecule has 0 aliphatic rings. The van der Waals surface area contributed by atoms with E-state index in [1.807, 2.05) is 13.8 Å². The Balaban J connectivity index is 5.38. The number of carboxylic acids is 1. The minimum absolute atomic E-state index is 0.0597. The summed E-state index contributed by atoms with van der Waals surface area (Å²) >= 11 is 3.98. The smallest absolute Gasteiger partial charge is 0.325 e. The van der Waals surface area contributed by atoms with Crippen LogP contribution in [-0.2, 0) is 19.2 Å². The van der Waals surface area contributed by atoms with E-state index in [9.17, 15) is 19.2 Å². The molecule has 0 saturated carbocycles. The molecule has 0 rings (SSSR count). The summed E-state index contributed by atoms with van der Waals surface area (Å²) in [7, 11) is 0. The Bertz CT molecular complexity index is 655. The Morgan fingerprint density at radius 1 is 0.968 bits per heavy atom. The van der Waals surface area contributed by atoms with Crippen LogP contribution in [0.3, 0.4) is 0 Å². The van der Waals surface area contributed by atoms with Crippen LogP contribution in [0.1, 0.15) is 40.0 Å². The molecule has 0 aromatic carbocycles. The third-order valence-corrected chi connectivity index (χ3v) is 4.57. The molecule has 0 aromatic heterocycles. The number of guanidine groups is 1. The van der Waals surface area contributed by atoms with Crippen molar-refractivity contribution in [1.82, 2.24) is 16.0 Å². The Labute approximate surface area is 187 Å². The third-order valence-electron chi connectivity index (χ3n) is 4.18. The lowest BCUT2D eigenvalue weighted by molar-refractivity contribution is -0.141. The number of rotatable bonds is 14. The van der Waals surface area contributed by atoms with Crippen molar-refractivity contribution in [3.63, 3.8) is 0 Å². The van der Waals surface area contributed by atoms with E-state index in [4.69, 9.17) is 22.3 Å². The minimum atomic E-state index is -1.22. The largest absolute Gasteiger partial charge is 0.480 e. The predicted octanol–water partition coefficient (Wildman–Crippen LogP) is -2.10. The van der Waals surface area contributed by atoms with Gasteiger partial charge in [-0.2, -0.15) is 12.6 Å². The zero-order valence-electron chi connectivity index (χ0n) is 18.1. The molecule has 31 heavy (non-hydrogen) atoms. The first kappa shape index (κ1) is 28.5. The van der Waals surface area contributed by atoms with Crippen molar-refractivity contribution in [3.05, 3.63) is 0 Å². The van der Waals surface area contributed by atoms with Crippen molar-refractivity contribution >= 4 is 42.3 Å². The van der Waals surface area contributed by atoms with E-state index in [0.717, 1.165) is 0 Å². The van der Waals surface area contributed by atoms with Crippen LogP contribution in [0.2, 0.25) is 0 Å². The molecule has 4 unspecified atom stereocenters. The summed E-state index contributed by atoms with van der Waals surface area (Å²) < 4.78 is 0. The van der Waals surface area contributed by atoms with Gasteiger partial charge in [-0.3, -0.25) is 24.2 Å². The van der Waals surface area contributed by atoms with Crippen LogP contribution in [0, 0.1) is 5.92 Å². The molecule has 0 fully saturated rings. The van der Waals surface area contributed by atoms with Gasteiger partial charge in [-0.1, -0.05) is 13.8 Å². The Kier molecular flexibility index (Phi) is 13.3. The maximum Gasteiger partial charge on any atom is 0.325 e. The number of aliphatic imine (C=N–C) groups is 1. The Hall–Kier alpha value is -2.54. The van der Waals surface area contributed by atoms with Crippen LogP contribution >= 0.6 is 12.6 Å². The summed E-state index contributed by atoms with van der Waals surface area (Å²) in [5, 5.41) is 16.5. The molecule has 0 aliphatic carbocycles. The second-order valence-corrected chi connectivity index (χ2v) is 7.92. The van der Waals surface area contributed by atoms with Crippen molar-refractivity contribution < 1.29 is 24.3 Å². The molecule has 0 saturated heterocycles. The van der Waals surface area contributed by atoms with Gasteiger partial charge in [-0.25, -0.2) is 0 Å². The SMILES string of the molecule is CC(C)CC(NC(=O)C(N)CS)C(=O)NC(CCCN=C(N)N)C(=O)NC(C)C(=O)O. The molecule has 178 valence electrons. The van der Waals surface area contributed by atoms with E-state index in [1.165, 1.54) is 6.92 Å². The van der Waals surface area contributed by atoms with Gasteiger partial charge in [0.25, 0.3) is 0 Å². The summed E-state index contributed by atoms with van der Waals surface area (Å²) in [6.07, 6.45) is 0.813. The lowest BCUT2D eigenvalue weighted by atomic mass is 10.0. The Morgan fingerprint density at radius 3 is 2.00 bits per heavy atom. The van der Waals surface area contributed by atoms with Crippen LogP contribution in [-0.4, -0.2) is 71.2 Å². The number of nitrogens with zero attached hydrogens (tertiary/aromatic N) is 1. The van der Waals surface area contributed by atoms with Gasteiger partial charge in [0.2, 0.25) is 17.7 Å². The molecule has 12 nitrogen and oxygen atoms in total. The van der Waals surface area contributed by atoms with Crippen LogP contribution in [0.4, 0.5) is 0 Å². The number of aliphatic carboxylic acids is 1. The van der Waals surface area contributed by atoms with E-state index in [1.54, 1.807) is 0 Å². The summed E-state index contributed by atoms with van der Waals surface area (Å²) in [4.78, 5) is 52.4. The maximum absolute atomic E-state index is 12.9. The number of carbonyl (C=O) groups is 4. The number of nitrogens with one attached hydrogen (secondary N) is 3. The molecule has 0 aliphatic heterocycles. The summed E-state index contributed by atoms with van der Waals surface area (Å²) in [5.41, 5.74) is 16.2. The zero-order valence-corrected chi connectivity index (χ0v) is 19.0. The molecule has 13 heteroatoms.